The van der Waals surface area contributed by atoms with Crippen molar-refractivity contribution < 1.29 is 23.1 Å². The van der Waals surface area contributed by atoms with Crippen LogP contribution in [0.3, 0.4) is 0 Å². The maximum Gasteiger partial charge on any atom is 0.391 e. The first-order chi connectivity index (χ1) is 8.95. The number of hydrogen-bond donors (Lipinski definition) is 2. The molecule has 1 fully saturated rings. The summed E-state index contributed by atoms with van der Waals surface area (Å²) in [5, 5.41) is 11.3. The molecule has 0 aromatic rings. The zero-order chi connectivity index (χ0) is 14.3. The number of carbonyl (C=O) groups is 1. The minimum atomic E-state index is -4.18. The molecule has 0 saturated heterocycles. The van der Waals surface area contributed by atoms with Gasteiger partial charge in [0.25, 0.3) is 0 Å². The van der Waals surface area contributed by atoms with Gasteiger partial charge in [0.1, 0.15) is 0 Å². The summed E-state index contributed by atoms with van der Waals surface area (Å²) in [7, 11) is 0. The van der Waals surface area contributed by atoms with E-state index in [1.807, 2.05) is 0 Å². The van der Waals surface area contributed by atoms with E-state index in [1.165, 1.54) is 0 Å². The molecule has 6 heteroatoms. The normalized spacial score (nSPS) is 24.2. The Kier molecular flexibility index (Phi) is 6.62. The van der Waals surface area contributed by atoms with Crippen molar-refractivity contribution in [3.05, 3.63) is 0 Å². The molecule has 0 bridgehead atoms. The standard InChI is InChI=1S/C13H22F3NO2/c14-13(15,16)11-6-4-5-10(9-11)12(19)17-7-2-1-3-8-18/h10-11,18H,1-9H2,(H,17,19). The first kappa shape index (κ1) is 16.3. The Morgan fingerprint density at radius 3 is 2.58 bits per heavy atom. The van der Waals surface area contributed by atoms with Crippen molar-refractivity contribution in [1.29, 1.82) is 0 Å². The number of alkyl halides is 3. The lowest BCUT2D eigenvalue weighted by molar-refractivity contribution is -0.186. The zero-order valence-corrected chi connectivity index (χ0v) is 11.0. The summed E-state index contributed by atoms with van der Waals surface area (Å²) in [6.45, 7) is 0.607. The molecule has 2 atom stereocenters. The molecule has 1 rings (SSSR count). The van der Waals surface area contributed by atoms with Crippen LogP contribution in [-0.2, 0) is 4.79 Å². The highest BCUT2D eigenvalue weighted by Crippen LogP contribution is 2.39. The van der Waals surface area contributed by atoms with Crippen molar-refractivity contribution in [2.75, 3.05) is 13.2 Å². The minimum Gasteiger partial charge on any atom is -0.396 e. The second-order valence-electron chi connectivity index (χ2n) is 5.18. The number of amides is 1. The van der Waals surface area contributed by atoms with Gasteiger partial charge in [-0.3, -0.25) is 4.79 Å². The van der Waals surface area contributed by atoms with Crippen molar-refractivity contribution >= 4 is 5.91 Å². The van der Waals surface area contributed by atoms with Crippen molar-refractivity contribution in [3.63, 3.8) is 0 Å². The average Bonchev–Trinajstić information content (AvgIpc) is 2.37. The van der Waals surface area contributed by atoms with E-state index in [2.05, 4.69) is 5.32 Å². The van der Waals surface area contributed by atoms with Crippen molar-refractivity contribution in [2.24, 2.45) is 11.8 Å². The Morgan fingerprint density at radius 2 is 1.95 bits per heavy atom. The van der Waals surface area contributed by atoms with E-state index in [0.717, 1.165) is 12.8 Å². The number of aliphatic hydroxyl groups excluding tert-OH is 1. The van der Waals surface area contributed by atoms with Gasteiger partial charge >= 0.3 is 6.18 Å². The Hall–Kier alpha value is -0.780. The summed E-state index contributed by atoms with van der Waals surface area (Å²) < 4.78 is 37.8. The summed E-state index contributed by atoms with van der Waals surface area (Å²) in [5.41, 5.74) is 0. The zero-order valence-electron chi connectivity index (χ0n) is 11.0. The second-order valence-corrected chi connectivity index (χ2v) is 5.18. The molecule has 0 radical (unpaired) electrons. The van der Waals surface area contributed by atoms with Crippen molar-refractivity contribution in [1.82, 2.24) is 5.32 Å². The number of nitrogens with one attached hydrogen (secondary N) is 1. The fraction of sp³-hybridized carbons (Fsp3) is 0.923. The topological polar surface area (TPSA) is 49.3 Å². The lowest BCUT2D eigenvalue weighted by atomic mass is 9.80. The number of halogens is 3. The Morgan fingerprint density at radius 1 is 1.21 bits per heavy atom. The van der Waals surface area contributed by atoms with Crippen LogP contribution in [0.15, 0.2) is 0 Å². The monoisotopic (exact) mass is 281 g/mol. The highest BCUT2D eigenvalue weighted by atomic mass is 19.4. The summed E-state index contributed by atoms with van der Waals surface area (Å²) in [6.07, 6.45) is -0.846. The summed E-state index contributed by atoms with van der Waals surface area (Å²) in [5.74, 6) is -2.08. The quantitative estimate of drug-likeness (QED) is 0.735. The molecule has 0 heterocycles. The maximum absolute atomic E-state index is 12.6. The first-order valence-electron chi connectivity index (χ1n) is 6.90. The number of unbranched alkanes of at least 4 members (excludes halogenated alkanes) is 2. The van der Waals surface area contributed by atoms with E-state index in [1.54, 1.807) is 0 Å². The molecule has 3 nitrogen and oxygen atoms in total. The molecule has 2 N–H and O–H groups in total. The number of hydrogen-bond acceptors (Lipinski definition) is 2. The molecule has 0 aliphatic heterocycles. The molecule has 1 aliphatic rings. The molecule has 1 aliphatic carbocycles. The highest BCUT2D eigenvalue weighted by molar-refractivity contribution is 5.78. The summed E-state index contributed by atoms with van der Waals surface area (Å²) in [6, 6.07) is 0. The second kappa shape index (κ2) is 7.72. The van der Waals surface area contributed by atoms with Gasteiger partial charge in [-0.25, -0.2) is 0 Å². The Bertz CT molecular complexity index is 282. The molecular weight excluding hydrogens is 259 g/mol. The van der Waals surface area contributed by atoms with Crippen LogP contribution in [-0.4, -0.2) is 30.3 Å². The van der Waals surface area contributed by atoms with Crippen LogP contribution < -0.4 is 5.32 Å². The van der Waals surface area contributed by atoms with Crippen LogP contribution in [0.25, 0.3) is 0 Å². The molecule has 1 amide bonds. The van der Waals surface area contributed by atoms with Gasteiger partial charge in [-0.2, -0.15) is 13.2 Å². The third-order valence-corrected chi connectivity index (χ3v) is 3.64. The number of aliphatic hydroxyl groups is 1. The largest absolute Gasteiger partial charge is 0.396 e. The fourth-order valence-corrected chi connectivity index (χ4v) is 2.49. The molecular formula is C13H22F3NO2. The molecule has 1 saturated carbocycles. The predicted octanol–water partition coefficient (Wildman–Crippen LogP) is 2.63. The molecule has 0 aromatic carbocycles. The molecule has 19 heavy (non-hydrogen) atoms. The third kappa shape index (κ3) is 5.80. The van der Waals surface area contributed by atoms with Gasteiger partial charge in [0.05, 0.1) is 5.92 Å². The smallest absolute Gasteiger partial charge is 0.391 e. The SMILES string of the molecule is O=C(NCCCCCO)C1CCCC(C(F)(F)F)C1. The lowest BCUT2D eigenvalue weighted by Crippen LogP contribution is -2.37. The number of rotatable bonds is 6. The lowest BCUT2D eigenvalue weighted by Gasteiger charge is -2.29. The molecule has 112 valence electrons. The van der Waals surface area contributed by atoms with Gasteiger partial charge < -0.3 is 10.4 Å². The van der Waals surface area contributed by atoms with Gasteiger partial charge in [-0.1, -0.05) is 6.42 Å². The highest BCUT2D eigenvalue weighted by Gasteiger charge is 2.43. The van der Waals surface area contributed by atoms with Gasteiger partial charge in [0.2, 0.25) is 5.91 Å². The van der Waals surface area contributed by atoms with Crippen LogP contribution in [0, 0.1) is 11.8 Å². The van der Waals surface area contributed by atoms with E-state index in [4.69, 9.17) is 5.11 Å². The van der Waals surface area contributed by atoms with E-state index in [9.17, 15) is 18.0 Å². The van der Waals surface area contributed by atoms with Crippen molar-refractivity contribution in [3.8, 4) is 0 Å². The maximum atomic E-state index is 12.6. The van der Waals surface area contributed by atoms with Gasteiger partial charge in [0, 0.05) is 19.1 Å². The molecule has 2 unspecified atom stereocenters. The van der Waals surface area contributed by atoms with Gasteiger partial charge in [-0.05, 0) is 38.5 Å². The number of carbonyl (C=O) groups excluding carboxylic acids is 1. The van der Waals surface area contributed by atoms with E-state index < -0.39 is 18.0 Å². The van der Waals surface area contributed by atoms with Crippen LogP contribution in [0.4, 0.5) is 13.2 Å². The summed E-state index contributed by atoms with van der Waals surface area (Å²) >= 11 is 0. The molecule has 0 spiro atoms. The average molecular weight is 281 g/mol. The van der Waals surface area contributed by atoms with Crippen LogP contribution in [0.2, 0.25) is 0 Å². The van der Waals surface area contributed by atoms with Crippen molar-refractivity contribution in [2.45, 2.75) is 51.1 Å². The van der Waals surface area contributed by atoms with Crippen LogP contribution in [0.1, 0.15) is 44.9 Å². The third-order valence-electron chi connectivity index (χ3n) is 3.64. The van der Waals surface area contributed by atoms with Crippen LogP contribution >= 0.6 is 0 Å². The van der Waals surface area contributed by atoms with E-state index >= 15 is 0 Å². The Balaban J connectivity index is 2.28. The van der Waals surface area contributed by atoms with Crippen LogP contribution in [0.5, 0.6) is 0 Å². The van der Waals surface area contributed by atoms with Gasteiger partial charge in [-0.15, -0.1) is 0 Å². The predicted molar refractivity (Wildman–Crippen MR) is 65.4 cm³/mol. The minimum absolute atomic E-state index is 0.0774. The summed E-state index contributed by atoms with van der Waals surface area (Å²) in [4.78, 5) is 11.8. The molecule has 0 aromatic heterocycles. The van der Waals surface area contributed by atoms with Gasteiger partial charge in [0.15, 0.2) is 0 Å². The Labute approximate surface area is 111 Å². The van der Waals surface area contributed by atoms with E-state index in [0.29, 0.717) is 25.8 Å². The first-order valence-corrected chi connectivity index (χ1v) is 6.90. The fourth-order valence-electron chi connectivity index (χ4n) is 2.49. The van der Waals surface area contributed by atoms with E-state index in [-0.39, 0.29) is 25.4 Å².